The molecular formula is C14H20N2OS. The molecule has 2 rings (SSSR count). The van der Waals surface area contributed by atoms with Gasteiger partial charge in [0.05, 0.1) is 0 Å². The average Bonchev–Trinajstić information content (AvgIpc) is 2.76. The van der Waals surface area contributed by atoms with Crippen LogP contribution in [-0.4, -0.2) is 31.0 Å². The van der Waals surface area contributed by atoms with Crippen LogP contribution in [0.3, 0.4) is 0 Å². The number of para-hydroxylation sites is 1. The van der Waals surface area contributed by atoms with Crippen molar-refractivity contribution < 1.29 is 4.79 Å². The molecule has 18 heavy (non-hydrogen) atoms. The molecule has 0 saturated heterocycles. The molecule has 0 aliphatic carbocycles. The maximum absolute atomic E-state index is 12.2. The van der Waals surface area contributed by atoms with E-state index in [9.17, 15) is 4.79 Å². The average molecular weight is 264 g/mol. The molecule has 0 fully saturated rings. The second kappa shape index (κ2) is 6.25. The Kier molecular flexibility index (Phi) is 4.66. The third-order valence-corrected chi connectivity index (χ3v) is 4.02. The van der Waals surface area contributed by atoms with Gasteiger partial charge in [0.15, 0.2) is 0 Å². The van der Waals surface area contributed by atoms with Crippen LogP contribution in [0.15, 0.2) is 24.3 Å². The third-order valence-electron chi connectivity index (χ3n) is 3.41. The van der Waals surface area contributed by atoms with E-state index in [1.165, 1.54) is 5.56 Å². The molecule has 4 heteroatoms. The van der Waals surface area contributed by atoms with Gasteiger partial charge in [-0.25, -0.2) is 0 Å². The molecule has 98 valence electrons. The molecule has 1 aromatic rings. The van der Waals surface area contributed by atoms with Crippen molar-refractivity contribution in [2.45, 2.75) is 18.8 Å². The van der Waals surface area contributed by atoms with E-state index in [1.54, 1.807) is 11.8 Å². The zero-order valence-corrected chi connectivity index (χ0v) is 11.6. The summed E-state index contributed by atoms with van der Waals surface area (Å²) in [5.74, 6) is 1.53. The van der Waals surface area contributed by atoms with Crippen molar-refractivity contribution in [1.82, 2.24) is 0 Å². The predicted octanol–water partition coefficient (Wildman–Crippen LogP) is 2.22. The molecule has 3 nitrogen and oxygen atoms in total. The topological polar surface area (TPSA) is 46.3 Å². The van der Waals surface area contributed by atoms with E-state index in [0.717, 1.165) is 24.4 Å². The highest BCUT2D eigenvalue weighted by Gasteiger charge is 2.30. The molecule has 0 spiro atoms. The van der Waals surface area contributed by atoms with E-state index in [1.807, 2.05) is 29.4 Å². The van der Waals surface area contributed by atoms with Gasteiger partial charge >= 0.3 is 0 Å². The number of nitrogens with zero attached hydrogens (tertiary/aromatic N) is 1. The first-order chi connectivity index (χ1) is 8.77. The Morgan fingerprint density at radius 2 is 2.28 bits per heavy atom. The van der Waals surface area contributed by atoms with Crippen molar-refractivity contribution in [1.29, 1.82) is 0 Å². The molecule has 1 heterocycles. The van der Waals surface area contributed by atoms with Crippen LogP contribution in [0, 0.1) is 0 Å². The number of fused-ring (bicyclic) bond motifs is 1. The Morgan fingerprint density at radius 1 is 1.50 bits per heavy atom. The largest absolute Gasteiger partial charge is 0.330 e. The van der Waals surface area contributed by atoms with Crippen LogP contribution in [0.1, 0.15) is 24.3 Å². The predicted molar refractivity (Wildman–Crippen MR) is 78.2 cm³/mol. The first-order valence-electron chi connectivity index (χ1n) is 6.36. The number of carbonyl (C=O) groups is 1. The van der Waals surface area contributed by atoms with Gasteiger partial charge in [-0.1, -0.05) is 18.2 Å². The zero-order chi connectivity index (χ0) is 13.0. The fraction of sp³-hybridized carbons (Fsp3) is 0.500. The van der Waals surface area contributed by atoms with Gasteiger partial charge in [-0.3, -0.25) is 4.79 Å². The number of nitrogens with two attached hydrogens (primary N) is 1. The van der Waals surface area contributed by atoms with Gasteiger partial charge in [0.25, 0.3) is 0 Å². The van der Waals surface area contributed by atoms with Gasteiger partial charge in [-0.2, -0.15) is 11.8 Å². The fourth-order valence-corrected chi connectivity index (χ4v) is 2.88. The number of carbonyl (C=O) groups excluding carboxylic acids is 1. The molecule has 1 atom stereocenters. The molecule has 0 bridgehead atoms. The summed E-state index contributed by atoms with van der Waals surface area (Å²) < 4.78 is 0. The first kappa shape index (κ1) is 13.4. The molecule has 0 radical (unpaired) electrons. The molecule has 1 unspecified atom stereocenters. The number of hydrogen-bond acceptors (Lipinski definition) is 3. The van der Waals surface area contributed by atoms with Crippen LogP contribution < -0.4 is 10.6 Å². The van der Waals surface area contributed by atoms with Gasteiger partial charge in [0, 0.05) is 30.3 Å². The summed E-state index contributed by atoms with van der Waals surface area (Å²) in [7, 11) is 0. The van der Waals surface area contributed by atoms with E-state index in [4.69, 9.17) is 5.73 Å². The highest BCUT2D eigenvalue weighted by atomic mass is 32.2. The summed E-state index contributed by atoms with van der Waals surface area (Å²) in [6, 6.07) is 8.21. The van der Waals surface area contributed by atoms with Gasteiger partial charge in [-0.05, 0) is 30.9 Å². The third kappa shape index (κ3) is 2.70. The lowest BCUT2D eigenvalue weighted by molar-refractivity contribution is -0.118. The van der Waals surface area contributed by atoms with E-state index in [2.05, 4.69) is 6.07 Å². The van der Waals surface area contributed by atoms with Crippen molar-refractivity contribution in [3.63, 3.8) is 0 Å². The number of hydrogen-bond donors (Lipinski definition) is 1. The quantitative estimate of drug-likeness (QED) is 0.887. The maximum Gasteiger partial charge on any atom is 0.227 e. The minimum Gasteiger partial charge on any atom is -0.330 e. The summed E-state index contributed by atoms with van der Waals surface area (Å²) in [6.45, 7) is 1.47. The highest BCUT2D eigenvalue weighted by molar-refractivity contribution is 7.98. The smallest absolute Gasteiger partial charge is 0.227 e. The molecule has 2 N–H and O–H groups in total. The summed E-state index contributed by atoms with van der Waals surface area (Å²) in [4.78, 5) is 14.1. The number of anilines is 1. The summed E-state index contributed by atoms with van der Waals surface area (Å²) in [6.07, 6.45) is 3.59. The van der Waals surface area contributed by atoms with Crippen LogP contribution >= 0.6 is 11.8 Å². The number of thioether (sulfide) groups is 1. The van der Waals surface area contributed by atoms with E-state index in [0.29, 0.717) is 18.9 Å². The summed E-state index contributed by atoms with van der Waals surface area (Å²) in [5, 5.41) is 0. The van der Waals surface area contributed by atoms with Crippen LogP contribution in [-0.2, 0) is 4.79 Å². The lowest BCUT2D eigenvalue weighted by Crippen LogP contribution is -2.30. The van der Waals surface area contributed by atoms with Crippen molar-refractivity contribution in [3.05, 3.63) is 29.8 Å². The van der Waals surface area contributed by atoms with Crippen LogP contribution in [0.25, 0.3) is 0 Å². The standard InChI is InChI=1S/C14H20N2OS/c1-18-9-7-14(17)16-10-11(6-8-15)12-4-2-3-5-13(12)16/h2-5,11H,6-10,15H2,1H3. The molecular weight excluding hydrogens is 244 g/mol. The Hall–Kier alpha value is -1.00. The molecule has 0 aromatic heterocycles. The monoisotopic (exact) mass is 264 g/mol. The van der Waals surface area contributed by atoms with Crippen molar-refractivity contribution >= 4 is 23.4 Å². The van der Waals surface area contributed by atoms with Gasteiger partial charge in [-0.15, -0.1) is 0 Å². The second-order valence-corrected chi connectivity index (χ2v) is 5.57. The van der Waals surface area contributed by atoms with Gasteiger partial charge < -0.3 is 10.6 Å². The first-order valence-corrected chi connectivity index (χ1v) is 7.75. The van der Waals surface area contributed by atoms with Crippen LogP contribution in [0.4, 0.5) is 5.69 Å². The lowest BCUT2D eigenvalue weighted by Gasteiger charge is -2.17. The number of amides is 1. The van der Waals surface area contributed by atoms with E-state index < -0.39 is 0 Å². The summed E-state index contributed by atoms with van der Waals surface area (Å²) >= 11 is 1.71. The Morgan fingerprint density at radius 3 is 3.00 bits per heavy atom. The van der Waals surface area contributed by atoms with Crippen molar-refractivity contribution in [2.24, 2.45) is 5.73 Å². The van der Waals surface area contributed by atoms with Gasteiger partial charge in [0.1, 0.15) is 0 Å². The SMILES string of the molecule is CSCCC(=O)N1CC(CCN)c2ccccc21. The normalized spacial score (nSPS) is 17.9. The fourth-order valence-electron chi connectivity index (χ4n) is 2.50. The highest BCUT2D eigenvalue weighted by Crippen LogP contribution is 2.37. The number of benzene rings is 1. The Balaban J connectivity index is 2.17. The maximum atomic E-state index is 12.2. The zero-order valence-electron chi connectivity index (χ0n) is 10.8. The van der Waals surface area contributed by atoms with E-state index in [-0.39, 0.29) is 5.91 Å². The number of rotatable bonds is 5. The molecule has 1 amide bonds. The van der Waals surface area contributed by atoms with Gasteiger partial charge in [0.2, 0.25) is 5.91 Å². The van der Waals surface area contributed by atoms with E-state index >= 15 is 0 Å². The van der Waals surface area contributed by atoms with Crippen LogP contribution in [0.2, 0.25) is 0 Å². The second-order valence-electron chi connectivity index (χ2n) is 4.58. The minimum absolute atomic E-state index is 0.233. The van der Waals surface area contributed by atoms with Crippen LogP contribution in [0.5, 0.6) is 0 Å². The lowest BCUT2D eigenvalue weighted by atomic mass is 9.98. The molecule has 0 saturated carbocycles. The molecule has 1 aromatic carbocycles. The Labute approximate surface area is 113 Å². The Bertz CT molecular complexity index is 422. The van der Waals surface area contributed by atoms with Crippen molar-refractivity contribution in [2.75, 3.05) is 30.0 Å². The van der Waals surface area contributed by atoms with Crippen molar-refractivity contribution in [3.8, 4) is 0 Å². The molecule has 1 aliphatic rings. The molecule has 1 aliphatic heterocycles. The minimum atomic E-state index is 0.233. The summed E-state index contributed by atoms with van der Waals surface area (Å²) in [5.41, 5.74) is 8.02.